The molecule has 4 rings (SSSR count). The number of nitrogens with zero attached hydrogens (tertiary/aromatic N) is 3. The first kappa shape index (κ1) is 19.3. The summed E-state index contributed by atoms with van der Waals surface area (Å²) in [5.41, 5.74) is 1.79. The fraction of sp³-hybridized carbons (Fsp3) is 0.364. The van der Waals surface area contributed by atoms with Crippen LogP contribution in [0.1, 0.15) is 32.1 Å². The molecule has 1 saturated carbocycles. The van der Waals surface area contributed by atoms with Gasteiger partial charge in [-0.1, -0.05) is 48.7 Å². The van der Waals surface area contributed by atoms with Gasteiger partial charge in [-0.15, -0.1) is 0 Å². The van der Waals surface area contributed by atoms with Gasteiger partial charge in [-0.05, 0) is 61.6 Å². The molecule has 146 valence electrons. The van der Waals surface area contributed by atoms with Gasteiger partial charge in [0.2, 0.25) is 0 Å². The second kappa shape index (κ2) is 8.18. The molecule has 2 aromatic carbocycles. The molecule has 0 N–H and O–H groups in total. The van der Waals surface area contributed by atoms with Crippen LogP contribution in [-0.4, -0.2) is 29.9 Å². The van der Waals surface area contributed by atoms with Crippen LogP contribution in [0.4, 0.5) is 11.4 Å². The van der Waals surface area contributed by atoms with Crippen molar-refractivity contribution in [2.24, 2.45) is 9.98 Å². The predicted molar refractivity (Wildman–Crippen MR) is 121 cm³/mol. The highest BCUT2D eigenvalue weighted by atomic mass is 35.5. The average molecular weight is 414 g/mol. The maximum atomic E-state index is 6.19. The van der Waals surface area contributed by atoms with E-state index in [0.29, 0.717) is 5.02 Å². The summed E-state index contributed by atoms with van der Waals surface area (Å²) in [5.74, 6) is 1.76. The number of amidine groups is 2. The predicted octanol–water partition coefficient (Wildman–Crippen LogP) is 6.32. The van der Waals surface area contributed by atoms with Crippen LogP contribution in [0.3, 0.4) is 0 Å². The van der Waals surface area contributed by atoms with Gasteiger partial charge in [0.05, 0.1) is 12.8 Å². The van der Waals surface area contributed by atoms with Crippen molar-refractivity contribution in [1.82, 2.24) is 0 Å². The van der Waals surface area contributed by atoms with Gasteiger partial charge in [-0.3, -0.25) is 0 Å². The molecular formula is C22H24ClN3OS. The Morgan fingerprint density at radius 3 is 2.50 bits per heavy atom. The van der Waals surface area contributed by atoms with Crippen molar-refractivity contribution in [2.45, 2.75) is 37.6 Å². The van der Waals surface area contributed by atoms with E-state index in [1.165, 1.54) is 19.3 Å². The fourth-order valence-corrected chi connectivity index (χ4v) is 4.96. The van der Waals surface area contributed by atoms with Crippen LogP contribution in [-0.2, 0) is 0 Å². The number of rotatable bonds is 3. The summed E-state index contributed by atoms with van der Waals surface area (Å²) in [6.45, 7) is 0. The smallest absolute Gasteiger partial charge is 0.170 e. The van der Waals surface area contributed by atoms with E-state index in [2.05, 4.69) is 23.3 Å². The Hall–Kier alpha value is -1.98. The first-order chi connectivity index (χ1) is 13.7. The molecule has 0 unspecified atom stereocenters. The van der Waals surface area contributed by atoms with Gasteiger partial charge in [-0.2, -0.15) is 0 Å². The maximum Gasteiger partial charge on any atom is 0.170 e. The second-order valence-corrected chi connectivity index (χ2v) is 8.35. The highest BCUT2D eigenvalue weighted by Crippen LogP contribution is 2.44. The second-order valence-electron chi connectivity index (χ2n) is 7.14. The van der Waals surface area contributed by atoms with E-state index in [9.17, 15) is 0 Å². The zero-order chi connectivity index (χ0) is 19.6. The van der Waals surface area contributed by atoms with Gasteiger partial charge in [0.25, 0.3) is 0 Å². The number of hydrogen-bond acceptors (Lipinski definition) is 4. The fourth-order valence-electron chi connectivity index (χ4n) is 4.13. The summed E-state index contributed by atoms with van der Waals surface area (Å²) < 4.78 is 5.34. The van der Waals surface area contributed by atoms with E-state index in [-0.39, 0.29) is 5.54 Å². The molecule has 28 heavy (non-hydrogen) atoms. The lowest BCUT2D eigenvalue weighted by atomic mass is 9.79. The van der Waals surface area contributed by atoms with Crippen molar-refractivity contribution in [3.05, 3.63) is 53.6 Å². The lowest BCUT2D eigenvalue weighted by molar-refractivity contribution is 0.385. The number of benzene rings is 2. The van der Waals surface area contributed by atoms with Gasteiger partial charge in [0.15, 0.2) is 11.0 Å². The molecule has 0 bridgehead atoms. The Bertz CT molecular complexity index is 904. The Morgan fingerprint density at radius 2 is 1.86 bits per heavy atom. The SMILES string of the molecule is COc1ccc(N2C(SC)=NC(=Nc3cccc(Cl)c3)C23CCCCC3)cc1. The number of methoxy groups -OCH3 is 1. The zero-order valence-electron chi connectivity index (χ0n) is 16.2. The Balaban J connectivity index is 1.81. The molecule has 1 heterocycles. The Labute approximate surface area is 175 Å². The van der Waals surface area contributed by atoms with E-state index in [4.69, 9.17) is 26.3 Å². The molecule has 1 aliphatic heterocycles. The molecule has 0 radical (unpaired) electrons. The molecule has 0 aromatic heterocycles. The van der Waals surface area contributed by atoms with Crippen molar-refractivity contribution in [1.29, 1.82) is 0 Å². The molecule has 6 heteroatoms. The Morgan fingerprint density at radius 1 is 1.11 bits per heavy atom. The number of hydrogen-bond donors (Lipinski definition) is 0. The third-order valence-electron chi connectivity index (χ3n) is 5.47. The number of halogens is 1. The van der Waals surface area contributed by atoms with Crippen molar-refractivity contribution in [3.63, 3.8) is 0 Å². The van der Waals surface area contributed by atoms with Gasteiger partial charge in [0, 0.05) is 10.7 Å². The first-order valence-corrected chi connectivity index (χ1v) is 11.2. The first-order valence-electron chi connectivity index (χ1n) is 9.58. The zero-order valence-corrected chi connectivity index (χ0v) is 17.8. The highest BCUT2D eigenvalue weighted by Gasteiger charge is 2.49. The molecule has 4 nitrogen and oxygen atoms in total. The minimum Gasteiger partial charge on any atom is -0.497 e. The summed E-state index contributed by atoms with van der Waals surface area (Å²) in [7, 11) is 1.69. The van der Waals surface area contributed by atoms with E-state index >= 15 is 0 Å². The lowest BCUT2D eigenvalue weighted by Crippen LogP contribution is -2.52. The van der Waals surface area contributed by atoms with Gasteiger partial charge in [-0.25, -0.2) is 9.98 Å². The van der Waals surface area contributed by atoms with Gasteiger partial charge < -0.3 is 9.64 Å². The number of ether oxygens (including phenoxy) is 1. The molecule has 0 saturated heterocycles. The summed E-state index contributed by atoms with van der Waals surface area (Å²) in [6, 6.07) is 15.9. The quantitative estimate of drug-likeness (QED) is 0.590. The molecule has 2 aromatic rings. The highest BCUT2D eigenvalue weighted by molar-refractivity contribution is 8.13. The summed E-state index contributed by atoms with van der Waals surface area (Å²) in [6.07, 6.45) is 7.79. The topological polar surface area (TPSA) is 37.2 Å². The Kier molecular flexibility index (Phi) is 5.65. The molecular weight excluding hydrogens is 390 g/mol. The molecule has 1 spiro atoms. The van der Waals surface area contributed by atoms with E-state index in [0.717, 1.165) is 41.0 Å². The summed E-state index contributed by atoms with van der Waals surface area (Å²) in [5, 5.41) is 1.69. The molecule has 1 aliphatic carbocycles. The number of thioether (sulfide) groups is 1. The van der Waals surface area contributed by atoms with Crippen molar-refractivity contribution in [3.8, 4) is 5.75 Å². The number of anilines is 1. The molecule has 0 atom stereocenters. The van der Waals surface area contributed by atoms with Crippen molar-refractivity contribution < 1.29 is 4.74 Å². The molecule has 1 fully saturated rings. The van der Waals surface area contributed by atoms with Crippen molar-refractivity contribution >= 4 is 45.7 Å². The lowest BCUT2D eigenvalue weighted by Gasteiger charge is -2.42. The van der Waals surface area contributed by atoms with E-state index < -0.39 is 0 Å². The van der Waals surface area contributed by atoms with Crippen molar-refractivity contribution in [2.75, 3.05) is 18.3 Å². The van der Waals surface area contributed by atoms with Crippen LogP contribution < -0.4 is 9.64 Å². The minimum atomic E-state index is -0.201. The normalized spacial score (nSPS) is 19.9. The standard InChI is InChI=1S/C22H24ClN3OS/c1-27-19-11-9-18(10-12-19)26-21(28-2)25-20(22(26)13-4-3-5-14-22)24-17-8-6-7-16(23)15-17/h6-12,15H,3-5,13-14H2,1-2H3. The van der Waals surface area contributed by atoms with Crippen LogP contribution in [0.2, 0.25) is 5.02 Å². The van der Waals surface area contributed by atoms with Crippen LogP contribution in [0, 0.1) is 0 Å². The summed E-state index contributed by atoms with van der Waals surface area (Å²) >= 11 is 7.85. The minimum absolute atomic E-state index is 0.201. The van der Waals surface area contributed by atoms with Gasteiger partial charge >= 0.3 is 0 Å². The van der Waals surface area contributed by atoms with Gasteiger partial charge in [0.1, 0.15) is 11.3 Å². The third kappa shape index (κ3) is 3.53. The van der Waals surface area contributed by atoms with E-state index in [1.807, 2.05) is 36.4 Å². The van der Waals surface area contributed by atoms with Crippen LogP contribution >= 0.6 is 23.4 Å². The largest absolute Gasteiger partial charge is 0.497 e. The molecule has 2 aliphatic rings. The van der Waals surface area contributed by atoms with Crippen LogP contribution in [0.5, 0.6) is 5.75 Å². The summed E-state index contributed by atoms with van der Waals surface area (Å²) in [4.78, 5) is 12.3. The third-order valence-corrected chi connectivity index (χ3v) is 6.35. The van der Waals surface area contributed by atoms with Crippen LogP contribution in [0.25, 0.3) is 0 Å². The molecule has 0 amide bonds. The van der Waals surface area contributed by atoms with E-state index in [1.54, 1.807) is 18.9 Å². The maximum absolute atomic E-state index is 6.19. The van der Waals surface area contributed by atoms with Crippen LogP contribution in [0.15, 0.2) is 58.5 Å². The average Bonchev–Trinajstić information content (AvgIpc) is 3.01. The monoisotopic (exact) mass is 413 g/mol. The number of aliphatic imine (C=N–C) groups is 2.